The molecule has 7 nitrogen and oxygen atoms in total. The molecule has 144 valence electrons. The second-order valence-electron chi connectivity index (χ2n) is 6.37. The Labute approximate surface area is 161 Å². The third-order valence-electron chi connectivity index (χ3n) is 4.53. The molecule has 0 N–H and O–H groups in total. The van der Waals surface area contributed by atoms with Crippen molar-refractivity contribution in [3.8, 4) is 5.75 Å². The van der Waals surface area contributed by atoms with Crippen molar-refractivity contribution in [3.05, 3.63) is 50.7 Å². The fraction of sp³-hybridized carbons (Fsp3) is 0.421. The number of rotatable bonds is 7. The summed E-state index contributed by atoms with van der Waals surface area (Å²) in [5.74, 6) is 1.72. The molecule has 0 amide bonds. The van der Waals surface area contributed by atoms with Crippen LogP contribution in [0.4, 0.5) is 0 Å². The maximum absolute atomic E-state index is 12.8. The lowest BCUT2D eigenvalue weighted by Gasteiger charge is -2.10. The molecule has 2 heterocycles. The standard InChI is InChI=1S/C19H24N4O3S/c1-5-12-27-18-20-16-15(17(24)22(3)19(25)21(16)2)23(18)11-10-13-6-8-14(26-4)9-7-13/h6-9H,5,10-12H2,1-4H3. The summed E-state index contributed by atoms with van der Waals surface area (Å²) in [5.41, 5.74) is 1.40. The van der Waals surface area contributed by atoms with Crippen LogP contribution >= 0.6 is 11.8 Å². The maximum atomic E-state index is 12.8. The molecule has 0 fully saturated rings. The Hall–Kier alpha value is -2.48. The van der Waals surface area contributed by atoms with Crippen LogP contribution in [0.1, 0.15) is 18.9 Å². The first-order valence-corrected chi connectivity index (χ1v) is 9.88. The first kappa shape index (κ1) is 19.3. The molecule has 2 aromatic heterocycles. The zero-order valence-corrected chi connectivity index (χ0v) is 16.9. The summed E-state index contributed by atoms with van der Waals surface area (Å²) in [6.07, 6.45) is 1.75. The van der Waals surface area contributed by atoms with Crippen molar-refractivity contribution in [1.82, 2.24) is 18.7 Å². The van der Waals surface area contributed by atoms with Crippen molar-refractivity contribution in [2.75, 3.05) is 12.9 Å². The topological polar surface area (TPSA) is 71.0 Å². The third-order valence-corrected chi connectivity index (χ3v) is 5.71. The molecule has 0 aliphatic heterocycles. The number of nitrogens with zero attached hydrogens (tertiary/aromatic N) is 4. The molecule has 0 spiro atoms. The summed E-state index contributed by atoms with van der Waals surface area (Å²) < 4.78 is 9.73. The summed E-state index contributed by atoms with van der Waals surface area (Å²) in [6.45, 7) is 2.72. The van der Waals surface area contributed by atoms with Gasteiger partial charge in [0.05, 0.1) is 7.11 Å². The Morgan fingerprint density at radius 2 is 1.81 bits per heavy atom. The first-order chi connectivity index (χ1) is 13.0. The predicted molar refractivity (Wildman–Crippen MR) is 108 cm³/mol. The molecule has 0 saturated heterocycles. The number of aryl methyl sites for hydroxylation is 3. The van der Waals surface area contributed by atoms with E-state index < -0.39 is 0 Å². The zero-order valence-electron chi connectivity index (χ0n) is 16.1. The molecule has 0 bridgehead atoms. The number of fused-ring (bicyclic) bond motifs is 1. The molecule has 0 atom stereocenters. The van der Waals surface area contributed by atoms with Gasteiger partial charge in [-0.3, -0.25) is 13.9 Å². The van der Waals surface area contributed by atoms with Gasteiger partial charge in [-0.1, -0.05) is 30.8 Å². The minimum Gasteiger partial charge on any atom is -0.497 e. The molecule has 8 heteroatoms. The smallest absolute Gasteiger partial charge is 0.332 e. The highest BCUT2D eigenvalue weighted by atomic mass is 32.2. The minimum absolute atomic E-state index is 0.307. The summed E-state index contributed by atoms with van der Waals surface area (Å²) >= 11 is 1.61. The van der Waals surface area contributed by atoms with Gasteiger partial charge in [0.2, 0.25) is 0 Å². The van der Waals surface area contributed by atoms with Crippen LogP contribution in [0.2, 0.25) is 0 Å². The van der Waals surface area contributed by atoms with Gasteiger partial charge in [0.1, 0.15) is 5.75 Å². The van der Waals surface area contributed by atoms with Crippen molar-refractivity contribution in [2.24, 2.45) is 14.1 Å². The van der Waals surface area contributed by atoms with Crippen LogP contribution in [0.25, 0.3) is 11.2 Å². The predicted octanol–water partition coefficient (Wildman–Crippen LogP) is 2.19. The van der Waals surface area contributed by atoms with Crippen molar-refractivity contribution in [3.63, 3.8) is 0 Å². The molecule has 0 aliphatic rings. The van der Waals surface area contributed by atoms with Gasteiger partial charge in [-0.05, 0) is 30.5 Å². The van der Waals surface area contributed by atoms with Crippen molar-refractivity contribution in [1.29, 1.82) is 0 Å². The van der Waals surface area contributed by atoms with E-state index in [1.807, 2.05) is 28.8 Å². The average molecular weight is 388 g/mol. The van der Waals surface area contributed by atoms with E-state index in [0.29, 0.717) is 17.7 Å². The number of methoxy groups -OCH3 is 1. The Balaban J connectivity index is 2.05. The maximum Gasteiger partial charge on any atom is 0.332 e. The summed E-state index contributed by atoms with van der Waals surface area (Å²) in [6, 6.07) is 7.89. The summed E-state index contributed by atoms with van der Waals surface area (Å²) in [7, 11) is 4.80. The van der Waals surface area contributed by atoms with E-state index in [1.165, 1.54) is 11.6 Å². The largest absolute Gasteiger partial charge is 0.497 e. The zero-order chi connectivity index (χ0) is 19.6. The van der Waals surface area contributed by atoms with E-state index in [1.54, 1.807) is 25.9 Å². The molecular weight excluding hydrogens is 364 g/mol. The van der Waals surface area contributed by atoms with E-state index in [9.17, 15) is 9.59 Å². The van der Waals surface area contributed by atoms with Gasteiger partial charge in [0.15, 0.2) is 16.3 Å². The molecule has 1 aromatic carbocycles. The number of thioether (sulfide) groups is 1. The van der Waals surface area contributed by atoms with E-state index in [-0.39, 0.29) is 11.2 Å². The normalized spacial score (nSPS) is 11.3. The Bertz CT molecular complexity index is 1060. The SMILES string of the molecule is CCCSc1nc2c(c(=O)n(C)c(=O)n2C)n1CCc1ccc(OC)cc1. The Morgan fingerprint density at radius 1 is 1.11 bits per heavy atom. The molecular formula is C19H24N4O3S. The number of hydrogen-bond acceptors (Lipinski definition) is 5. The van der Waals surface area contributed by atoms with Gasteiger partial charge in [0, 0.05) is 26.4 Å². The van der Waals surface area contributed by atoms with Crippen LogP contribution in [0.15, 0.2) is 39.0 Å². The number of hydrogen-bond donors (Lipinski definition) is 0. The van der Waals surface area contributed by atoms with Gasteiger partial charge in [0.25, 0.3) is 5.56 Å². The van der Waals surface area contributed by atoms with Crippen molar-refractivity contribution in [2.45, 2.75) is 31.5 Å². The van der Waals surface area contributed by atoms with Crippen LogP contribution in [0, 0.1) is 0 Å². The highest BCUT2D eigenvalue weighted by Gasteiger charge is 2.19. The van der Waals surface area contributed by atoms with Crippen LogP contribution in [0.3, 0.4) is 0 Å². The molecule has 0 radical (unpaired) electrons. The monoisotopic (exact) mass is 388 g/mol. The van der Waals surface area contributed by atoms with Gasteiger partial charge in [-0.2, -0.15) is 0 Å². The Kier molecular flexibility index (Phi) is 5.74. The molecule has 0 unspecified atom stereocenters. The molecule has 0 saturated carbocycles. The van der Waals surface area contributed by atoms with Gasteiger partial charge in [-0.25, -0.2) is 9.78 Å². The molecule has 27 heavy (non-hydrogen) atoms. The lowest BCUT2D eigenvalue weighted by molar-refractivity contribution is 0.414. The second-order valence-corrected chi connectivity index (χ2v) is 7.43. The average Bonchev–Trinajstić information content (AvgIpc) is 3.06. The fourth-order valence-corrected chi connectivity index (χ4v) is 3.85. The van der Waals surface area contributed by atoms with Crippen LogP contribution in [-0.4, -0.2) is 31.5 Å². The second kappa shape index (κ2) is 8.04. The van der Waals surface area contributed by atoms with E-state index in [4.69, 9.17) is 4.74 Å². The van der Waals surface area contributed by atoms with Gasteiger partial charge < -0.3 is 9.30 Å². The van der Waals surface area contributed by atoms with Crippen LogP contribution in [0.5, 0.6) is 5.75 Å². The number of ether oxygens (including phenoxy) is 1. The highest BCUT2D eigenvalue weighted by molar-refractivity contribution is 7.99. The van der Waals surface area contributed by atoms with Gasteiger partial charge >= 0.3 is 5.69 Å². The first-order valence-electron chi connectivity index (χ1n) is 8.89. The highest BCUT2D eigenvalue weighted by Crippen LogP contribution is 2.23. The number of aromatic nitrogens is 4. The fourth-order valence-electron chi connectivity index (χ4n) is 2.97. The van der Waals surface area contributed by atoms with Crippen LogP contribution < -0.4 is 16.0 Å². The van der Waals surface area contributed by atoms with E-state index in [2.05, 4.69) is 11.9 Å². The minimum atomic E-state index is -0.362. The Morgan fingerprint density at radius 3 is 2.44 bits per heavy atom. The van der Waals surface area contributed by atoms with Crippen molar-refractivity contribution < 1.29 is 4.74 Å². The molecule has 0 aliphatic carbocycles. The van der Waals surface area contributed by atoms with Gasteiger partial charge in [-0.15, -0.1) is 0 Å². The number of benzene rings is 1. The lowest BCUT2D eigenvalue weighted by atomic mass is 10.1. The lowest BCUT2D eigenvalue weighted by Crippen LogP contribution is -2.37. The molecule has 3 aromatic rings. The summed E-state index contributed by atoms with van der Waals surface area (Å²) in [4.78, 5) is 29.6. The molecule has 3 rings (SSSR count). The summed E-state index contributed by atoms with van der Waals surface area (Å²) in [5, 5.41) is 0.777. The van der Waals surface area contributed by atoms with E-state index >= 15 is 0 Å². The van der Waals surface area contributed by atoms with Crippen LogP contribution in [-0.2, 0) is 27.1 Å². The quantitative estimate of drug-likeness (QED) is 0.580. The van der Waals surface area contributed by atoms with Crippen molar-refractivity contribution >= 4 is 22.9 Å². The number of imidazole rings is 1. The van der Waals surface area contributed by atoms with E-state index in [0.717, 1.165) is 39.6 Å². The third kappa shape index (κ3) is 3.66.